The van der Waals surface area contributed by atoms with Crippen LogP contribution in [-0.2, 0) is 0 Å². The van der Waals surface area contributed by atoms with Gasteiger partial charge in [-0.25, -0.2) is 0 Å². The predicted molar refractivity (Wildman–Crippen MR) is 95.7 cm³/mol. The molecule has 0 saturated heterocycles. The van der Waals surface area contributed by atoms with Gasteiger partial charge >= 0.3 is 0 Å². The molecule has 1 aromatic heterocycles. The number of pyridine rings is 1. The van der Waals surface area contributed by atoms with Gasteiger partial charge in [0.15, 0.2) is 0 Å². The minimum Gasteiger partial charge on any atom is -0.378 e. The molecule has 0 aliphatic carbocycles. The number of aromatic nitrogens is 1. The van der Waals surface area contributed by atoms with E-state index in [-0.39, 0.29) is 11.8 Å². The summed E-state index contributed by atoms with van der Waals surface area (Å²) in [5, 5.41) is 5.59. The van der Waals surface area contributed by atoms with Crippen molar-refractivity contribution in [2.75, 3.05) is 30.9 Å². The van der Waals surface area contributed by atoms with Gasteiger partial charge in [0.05, 0.1) is 0 Å². The van der Waals surface area contributed by atoms with E-state index in [1.54, 1.807) is 30.5 Å². The van der Waals surface area contributed by atoms with Crippen LogP contribution in [-0.4, -0.2) is 37.4 Å². The molecule has 1 heterocycles. The first-order valence-electron chi connectivity index (χ1n) is 7.76. The second-order valence-electron chi connectivity index (χ2n) is 5.64. The summed E-state index contributed by atoms with van der Waals surface area (Å²) in [5.74, 6) is -0.411. The zero-order valence-corrected chi connectivity index (χ0v) is 14.4. The van der Waals surface area contributed by atoms with E-state index in [1.165, 1.54) is 0 Å². The highest BCUT2D eigenvalue weighted by molar-refractivity contribution is 6.04. The molecule has 0 aliphatic heterocycles. The molecule has 1 aromatic carbocycles. The van der Waals surface area contributed by atoms with Crippen LogP contribution in [0.15, 0.2) is 36.5 Å². The fraction of sp³-hybridized carbons (Fsp3) is 0.278. The van der Waals surface area contributed by atoms with Crippen LogP contribution >= 0.6 is 0 Å². The van der Waals surface area contributed by atoms with Crippen LogP contribution in [0.2, 0.25) is 0 Å². The average molecular weight is 326 g/mol. The molecular weight excluding hydrogens is 304 g/mol. The van der Waals surface area contributed by atoms with Gasteiger partial charge in [-0.1, -0.05) is 0 Å². The van der Waals surface area contributed by atoms with Gasteiger partial charge in [-0.15, -0.1) is 0 Å². The van der Waals surface area contributed by atoms with Gasteiger partial charge in [0.2, 0.25) is 0 Å². The summed E-state index contributed by atoms with van der Waals surface area (Å²) in [6.07, 6.45) is 1.61. The van der Waals surface area contributed by atoms with Gasteiger partial charge in [-0.05, 0) is 49.7 Å². The molecule has 0 saturated carbocycles. The third-order valence-corrected chi connectivity index (χ3v) is 3.57. The van der Waals surface area contributed by atoms with Crippen molar-refractivity contribution in [1.82, 2.24) is 10.3 Å². The number of aryl methyl sites for hydroxylation is 1. The number of nitrogens with one attached hydrogen (secondary N) is 2. The molecule has 2 rings (SSSR count). The zero-order chi connectivity index (χ0) is 17.7. The zero-order valence-electron chi connectivity index (χ0n) is 14.4. The SMILES string of the molecule is CCNC(=O)c1ccc(NC(=O)c2cc(N(C)C)ccn2)c(C)c1. The molecule has 0 radical (unpaired) electrons. The maximum absolute atomic E-state index is 12.4. The number of nitrogens with zero attached hydrogens (tertiary/aromatic N) is 2. The van der Waals surface area contributed by atoms with Crippen LogP contribution in [0.25, 0.3) is 0 Å². The van der Waals surface area contributed by atoms with E-state index in [0.717, 1.165) is 11.3 Å². The average Bonchev–Trinajstić information content (AvgIpc) is 2.56. The predicted octanol–water partition coefficient (Wildman–Crippen LogP) is 2.46. The third kappa shape index (κ3) is 4.10. The van der Waals surface area contributed by atoms with Crippen molar-refractivity contribution in [3.8, 4) is 0 Å². The number of hydrogen-bond donors (Lipinski definition) is 2. The summed E-state index contributed by atoms with van der Waals surface area (Å²) in [7, 11) is 3.81. The molecule has 0 aliphatic rings. The van der Waals surface area contributed by atoms with E-state index < -0.39 is 0 Å². The molecule has 2 aromatic rings. The van der Waals surface area contributed by atoms with Gasteiger partial charge in [0, 0.05) is 43.8 Å². The summed E-state index contributed by atoms with van der Waals surface area (Å²) >= 11 is 0. The molecule has 6 heteroatoms. The number of anilines is 2. The van der Waals surface area contributed by atoms with Crippen LogP contribution in [0, 0.1) is 6.92 Å². The Hall–Kier alpha value is -2.89. The minimum absolute atomic E-state index is 0.126. The Bertz CT molecular complexity index is 756. The molecule has 24 heavy (non-hydrogen) atoms. The van der Waals surface area contributed by atoms with Gasteiger partial charge in [-0.2, -0.15) is 0 Å². The van der Waals surface area contributed by atoms with E-state index in [0.29, 0.717) is 23.5 Å². The summed E-state index contributed by atoms with van der Waals surface area (Å²) in [6, 6.07) is 8.74. The van der Waals surface area contributed by atoms with Crippen molar-refractivity contribution in [3.63, 3.8) is 0 Å². The summed E-state index contributed by atoms with van der Waals surface area (Å²) < 4.78 is 0. The Balaban J connectivity index is 2.17. The van der Waals surface area contributed by atoms with Crippen molar-refractivity contribution in [2.45, 2.75) is 13.8 Å². The quantitative estimate of drug-likeness (QED) is 0.885. The lowest BCUT2D eigenvalue weighted by atomic mass is 10.1. The summed E-state index contributed by atoms with van der Waals surface area (Å²) in [4.78, 5) is 30.3. The maximum atomic E-state index is 12.4. The van der Waals surface area contributed by atoms with Crippen LogP contribution in [0.1, 0.15) is 33.3 Å². The minimum atomic E-state index is -0.285. The largest absolute Gasteiger partial charge is 0.378 e. The maximum Gasteiger partial charge on any atom is 0.274 e. The van der Waals surface area contributed by atoms with Crippen LogP contribution in [0.5, 0.6) is 0 Å². The fourth-order valence-electron chi connectivity index (χ4n) is 2.22. The summed E-state index contributed by atoms with van der Waals surface area (Å²) in [6.45, 7) is 4.29. The van der Waals surface area contributed by atoms with Crippen LogP contribution in [0.4, 0.5) is 11.4 Å². The van der Waals surface area contributed by atoms with E-state index >= 15 is 0 Å². The molecule has 0 unspecified atom stereocenters. The molecule has 2 amide bonds. The van der Waals surface area contributed by atoms with Crippen LogP contribution < -0.4 is 15.5 Å². The lowest BCUT2D eigenvalue weighted by Crippen LogP contribution is -2.23. The molecular formula is C18H22N4O2. The Morgan fingerprint density at radius 1 is 1.12 bits per heavy atom. The third-order valence-electron chi connectivity index (χ3n) is 3.57. The van der Waals surface area contributed by atoms with E-state index in [4.69, 9.17) is 0 Å². The molecule has 0 bridgehead atoms. The van der Waals surface area contributed by atoms with E-state index in [1.807, 2.05) is 38.9 Å². The highest BCUT2D eigenvalue weighted by Gasteiger charge is 2.12. The Labute approximate surface area is 141 Å². The highest BCUT2D eigenvalue weighted by atomic mass is 16.2. The molecule has 0 atom stereocenters. The van der Waals surface area contributed by atoms with Crippen molar-refractivity contribution in [1.29, 1.82) is 0 Å². The van der Waals surface area contributed by atoms with Crippen LogP contribution in [0.3, 0.4) is 0 Å². The Kier molecular flexibility index (Phi) is 5.52. The lowest BCUT2D eigenvalue weighted by Gasteiger charge is -2.13. The second kappa shape index (κ2) is 7.59. The fourth-order valence-corrected chi connectivity index (χ4v) is 2.22. The number of carbonyl (C=O) groups excluding carboxylic acids is 2. The molecule has 0 spiro atoms. The summed E-state index contributed by atoms with van der Waals surface area (Å²) in [5.41, 5.74) is 3.29. The molecule has 6 nitrogen and oxygen atoms in total. The van der Waals surface area contributed by atoms with Crippen molar-refractivity contribution >= 4 is 23.2 Å². The second-order valence-corrected chi connectivity index (χ2v) is 5.64. The normalized spacial score (nSPS) is 10.2. The van der Waals surface area contributed by atoms with Gasteiger partial charge < -0.3 is 15.5 Å². The standard InChI is InChI=1S/C18H22N4O2/c1-5-19-17(23)13-6-7-15(12(2)10-13)21-18(24)16-11-14(22(3)4)8-9-20-16/h6-11H,5H2,1-4H3,(H,19,23)(H,21,24). The first-order chi connectivity index (χ1) is 11.4. The highest BCUT2D eigenvalue weighted by Crippen LogP contribution is 2.18. The number of rotatable bonds is 5. The smallest absolute Gasteiger partial charge is 0.274 e. The van der Waals surface area contributed by atoms with Crippen molar-refractivity contribution < 1.29 is 9.59 Å². The van der Waals surface area contributed by atoms with E-state index in [9.17, 15) is 9.59 Å². The van der Waals surface area contributed by atoms with Gasteiger partial charge in [0.25, 0.3) is 11.8 Å². The van der Waals surface area contributed by atoms with Crippen molar-refractivity contribution in [3.05, 3.63) is 53.3 Å². The Morgan fingerprint density at radius 3 is 2.50 bits per heavy atom. The molecule has 0 fully saturated rings. The number of carbonyl (C=O) groups is 2. The monoisotopic (exact) mass is 326 g/mol. The Morgan fingerprint density at radius 2 is 1.88 bits per heavy atom. The lowest BCUT2D eigenvalue weighted by molar-refractivity contribution is 0.0955. The number of benzene rings is 1. The first kappa shape index (κ1) is 17.5. The van der Waals surface area contributed by atoms with Gasteiger partial charge in [0.1, 0.15) is 5.69 Å². The number of hydrogen-bond acceptors (Lipinski definition) is 4. The number of amides is 2. The molecule has 2 N–H and O–H groups in total. The van der Waals surface area contributed by atoms with Gasteiger partial charge in [-0.3, -0.25) is 14.6 Å². The molecule has 126 valence electrons. The van der Waals surface area contributed by atoms with Crippen molar-refractivity contribution in [2.24, 2.45) is 0 Å². The topological polar surface area (TPSA) is 74.3 Å². The van der Waals surface area contributed by atoms with E-state index in [2.05, 4.69) is 15.6 Å². The first-order valence-corrected chi connectivity index (χ1v) is 7.76.